The first-order chi connectivity index (χ1) is 15.1. The van der Waals surface area contributed by atoms with E-state index >= 15 is 0 Å². The lowest BCUT2D eigenvalue weighted by atomic mass is 9.91. The summed E-state index contributed by atoms with van der Waals surface area (Å²) < 4.78 is 26.2. The topological polar surface area (TPSA) is 59.1 Å². The van der Waals surface area contributed by atoms with Crippen LogP contribution in [-0.4, -0.2) is 47.3 Å². The average Bonchev–Trinajstić information content (AvgIpc) is 3.25. The van der Waals surface area contributed by atoms with Gasteiger partial charge in [0.05, 0.1) is 29.4 Å². The number of ether oxygens (including phenoxy) is 2. The van der Waals surface area contributed by atoms with Gasteiger partial charge in [0.25, 0.3) is 5.91 Å². The van der Waals surface area contributed by atoms with E-state index in [0.717, 1.165) is 5.56 Å². The van der Waals surface area contributed by atoms with Gasteiger partial charge in [0.15, 0.2) is 0 Å². The number of carbonyl (C=O) groups is 2. The van der Waals surface area contributed by atoms with Crippen LogP contribution >= 0.6 is 0 Å². The molecule has 0 bridgehead atoms. The maximum atomic E-state index is 14.9. The number of hydrogen-bond acceptors (Lipinski definition) is 4. The lowest BCUT2D eigenvalue weighted by molar-refractivity contribution is -0.0785. The Labute approximate surface area is 187 Å². The van der Waals surface area contributed by atoms with Gasteiger partial charge in [0, 0.05) is 12.2 Å². The Kier molecular flexibility index (Phi) is 5.71. The fourth-order valence-electron chi connectivity index (χ4n) is 4.75. The molecule has 6 nitrogen and oxygen atoms in total. The highest BCUT2D eigenvalue weighted by Crippen LogP contribution is 2.41. The Morgan fingerprint density at radius 2 is 1.88 bits per heavy atom. The van der Waals surface area contributed by atoms with Gasteiger partial charge in [-0.3, -0.25) is 9.69 Å². The van der Waals surface area contributed by atoms with Crippen molar-refractivity contribution in [3.8, 4) is 0 Å². The van der Waals surface area contributed by atoms with Crippen molar-refractivity contribution in [1.29, 1.82) is 0 Å². The molecule has 2 aliphatic heterocycles. The van der Waals surface area contributed by atoms with Crippen molar-refractivity contribution < 1.29 is 23.5 Å². The molecule has 4 rings (SSSR count). The van der Waals surface area contributed by atoms with Crippen molar-refractivity contribution in [2.75, 3.05) is 18.1 Å². The van der Waals surface area contributed by atoms with Gasteiger partial charge in [-0.05, 0) is 57.9 Å². The van der Waals surface area contributed by atoms with E-state index in [9.17, 15) is 14.0 Å². The molecule has 2 aliphatic rings. The highest BCUT2D eigenvalue weighted by molar-refractivity contribution is 5.97. The quantitative estimate of drug-likeness (QED) is 0.672. The van der Waals surface area contributed by atoms with Crippen LogP contribution < -0.4 is 4.90 Å². The standard InChI is InChI=1S/C25H29FN2O4/c1-24(2)15-21(25(3,4)32-24)28(16-17-8-6-5-7-9-17)22(29)19-14-18(10-11-20(19)26)27-12-13-31-23(27)30/h5-11,14,21H,12-13,15-16H2,1-4H3/t21-/m0/s1. The Bertz CT molecular complexity index is 1020. The second kappa shape index (κ2) is 8.20. The summed E-state index contributed by atoms with van der Waals surface area (Å²) in [6.07, 6.45) is 0.126. The smallest absolute Gasteiger partial charge is 0.414 e. The van der Waals surface area contributed by atoms with Crippen LogP contribution in [0.1, 0.15) is 50.0 Å². The van der Waals surface area contributed by atoms with Gasteiger partial charge < -0.3 is 14.4 Å². The van der Waals surface area contributed by atoms with Gasteiger partial charge in [-0.2, -0.15) is 0 Å². The third-order valence-electron chi connectivity index (χ3n) is 6.11. The molecular weight excluding hydrogens is 411 g/mol. The van der Waals surface area contributed by atoms with Crippen molar-refractivity contribution in [2.45, 2.75) is 57.9 Å². The first-order valence-electron chi connectivity index (χ1n) is 10.9. The minimum atomic E-state index is -0.625. The maximum absolute atomic E-state index is 14.9. The molecule has 0 aliphatic carbocycles. The van der Waals surface area contributed by atoms with E-state index in [1.165, 1.54) is 23.1 Å². The van der Waals surface area contributed by atoms with Crippen molar-refractivity contribution in [1.82, 2.24) is 4.90 Å². The Balaban J connectivity index is 1.73. The predicted molar refractivity (Wildman–Crippen MR) is 119 cm³/mol. The third kappa shape index (κ3) is 4.35. The van der Waals surface area contributed by atoms with Gasteiger partial charge in [-0.25, -0.2) is 9.18 Å². The van der Waals surface area contributed by atoms with Crippen LogP contribution in [0.15, 0.2) is 48.5 Å². The third-order valence-corrected chi connectivity index (χ3v) is 6.11. The fourth-order valence-corrected chi connectivity index (χ4v) is 4.75. The number of hydrogen-bond donors (Lipinski definition) is 0. The van der Waals surface area contributed by atoms with Crippen molar-refractivity contribution >= 4 is 17.7 Å². The van der Waals surface area contributed by atoms with Crippen LogP contribution in [0.2, 0.25) is 0 Å². The molecule has 2 fully saturated rings. The van der Waals surface area contributed by atoms with Gasteiger partial charge in [0.1, 0.15) is 12.4 Å². The fraction of sp³-hybridized carbons (Fsp3) is 0.440. The molecule has 170 valence electrons. The highest BCUT2D eigenvalue weighted by Gasteiger charge is 2.50. The van der Waals surface area contributed by atoms with Crippen LogP contribution in [0.5, 0.6) is 0 Å². The van der Waals surface area contributed by atoms with Crippen molar-refractivity contribution in [3.63, 3.8) is 0 Å². The molecule has 0 unspecified atom stereocenters. The van der Waals surface area contributed by atoms with Crippen molar-refractivity contribution in [3.05, 3.63) is 65.5 Å². The first-order valence-corrected chi connectivity index (χ1v) is 10.9. The number of anilines is 1. The number of benzene rings is 2. The van der Waals surface area contributed by atoms with Gasteiger partial charge >= 0.3 is 6.09 Å². The van der Waals surface area contributed by atoms with Crippen LogP contribution in [0.3, 0.4) is 0 Å². The number of amides is 2. The lowest BCUT2D eigenvalue weighted by Crippen LogP contribution is -2.49. The number of cyclic esters (lactones) is 1. The van der Waals surface area contributed by atoms with Gasteiger partial charge in [0.2, 0.25) is 0 Å². The number of carbonyl (C=O) groups excluding carboxylic acids is 2. The molecule has 2 amide bonds. The van der Waals surface area contributed by atoms with Crippen LogP contribution in [0.4, 0.5) is 14.9 Å². The largest absolute Gasteiger partial charge is 0.447 e. The number of halogens is 1. The van der Waals surface area contributed by atoms with Crippen molar-refractivity contribution in [2.24, 2.45) is 0 Å². The maximum Gasteiger partial charge on any atom is 0.414 e. The van der Waals surface area contributed by atoms with E-state index in [4.69, 9.17) is 9.47 Å². The molecule has 0 spiro atoms. The Morgan fingerprint density at radius 1 is 1.16 bits per heavy atom. The average molecular weight is 441 g/mol. The highest BCUT2D eigenvalue weighted by atomic mass is 19.1. The SMILES string of the molecule is CC1(C)C[C@H](N(Cc2ccccc2)C(=O)c2cc(N3CCOC3=O)ccc2F)C(C)(C)O1. The van der Waals surface area contributed by atoms with E-state index < -0.39 is 29.0 Å². The molecule has 1 atom stereocenters. The zero-order valence-electron chi connectivity index (χ0n) is 18.9. The molecule has 2 aromatic rings. The summed E-state index contributed by atoms with van der Waals surface area (Å²) in [6, 6.07) is 13.5. The van der Waals surface area contributed by atoms with E-state index in [2.05, 4.69) is 0 Å². The van der Waals surface area contributed by atoms with Crippen LogP contribution in [-0.2, 0) is 16.0 Å². The van der Waals surface area contributed by atoms with Crippen LogP contribution in [0, 0.1) is 5.82 Å². The molecule has 2 saturated heterocycles. The zero-order chi connectivity index (χ0) is 23.1. The summed E-state index contributed by atoms with van der Waals surface area (Å²) in [5.74, 6) is -1.06. The molecule has 32 heavy (non-hydrogen) atoms. The van der Waals surface area contributed by atoms with E-state index in [0.29, 0.717) is 25.2 Å². The molecule has 0 aromatic heterocycles. The lowest BCUT2D eigenvalue weighted by Gasteiger charge is -2.36. The predicted octanol–water partition coefficient (Wildman–Crippen LogP) is 4.77. The molecule has 0 N–H and O–H groups in total. The van der Waals surface area contributed by atoms with E-state index in [-0.39, 0.29) is 18.2 Å². The normalized spacial score (nSPS) is 21.5. The monoisotopic (exact) mass is 440 g/mol. The second-order valence-corrected chi connectivity index (χ2v) is 9.53. The summed E-state index contributed by atoms with van der Waals surface area (Å²) in [6.45, 7) is 8.88. The second-order valence-electron chi connectivity index (χ2n) is 9.53. The minimum Gasteiger partial charge on any atom is -0.447 e. The van der Waals surface area contributed by atoms with Gasteiger partial charge in [-0.15, -0.1) is 0 Å². The molecular formula is C25H29FN2O4. The van der Waals surface area contributed by atoms with Gasteiger partial charge in [-0.1, -0.05) is 30.3 Å². The van der Waals surface area contributed by atoms with Crippen LogP contribution in [0.25, 0.3) is 0 Å². The zero-order valence-corrected chi connectivity index (χ0v) is 18.9. The summed E-state index contributed by atoms with van der Waals surface area (Å²) in [4.78, 5) is 28.9. The number of nitrogens with zero attached hydrogens (tertiary/aromatic N) is 2. The molecule has 0 saturated carbocycles. The van der Waals surface area contributed by atoms with E-state index in [1.54, 1.807) is 4.90 Å². The molecule has 2 heterocycles. The Morgan fingerprint density at radius 3 is 2.47 bits per heavy atom. The van der Waals surface area contributed by atoms with E-state index in [1.807, 2.05) is 58.0 Å². The summed E-state index contributed by atoms with van der Waals surface area (Å²) in [5, 5.41) is 0. The summed E-state index contributed by atoms with van der Waals surface area (Å²) >= 11 is 0. The molecule has 0 radical (unpaired) electrons. The first kappa shape index (κ1) is 22.3. The minimum absolute atomic E-state index is 0.0707. The molecule has 2 aromatic carbocycles. The Hall–Kier alpha value is -2.93. The number of rotatable bonds is 5. The molecule has 7 heteroatoms. The summed E-state index contributed by atoms with van der Waals surface area (Å²) in [7, 11) is 0. The summed E-state index contributed by atoms with van der Waals surface area (Å²) in [5.41, 5.74) is 0.294.